The summed E-state index contributed by atoms with van der Waals surface area (Å²) in [4.78, 5) is 19.4. The Morgan fingerprint density at radius 1 is 0.900 bits per heavy atom. The van der Waals surface area contributed by atoms with Crippen LogP contribution in [0.2, 0.25) is 0 Å². The molecule has 20 heavy (non-hydrogen) atoms. The van der Waals surface area contributed by atoms with Gasteiger partial charge in [-0.15, -0.1) is 7.77 Å². The molecule has 0 spiro atoms. The summed E-state index contributed by atoms with van der Waals surface area (Å²) in [5.74, 6) is -2.35. The molecule has 1 aliphatic heterocycles. The molecule has 1 aromatic rings. The van der Waals surface area contributed by atoms with Gasteiger partial charge in [0.15, 0.2) is 0 Å². The van der Waals surface area contributed by atoms with Gasteiger partial charge >= 0.3 is 20.4 Å². The van der Waals surface area contributed by atoms with Crippen LogP contribution in [0, 0.1) is 0 Å². The number of carbonyl (C=O) groups excluding carboxylic acids is 2. The minimum Gasteiger partial charge on any atom is -0.288 e. The summed E-state index contributed by atoms with van der Waals surface area (Å²) in [6.07, 6.45) is 0. The van der Waals surface area contributed by atoms with Crippen LogP contribution in [0.4, 0.5) is 7.77 Å². The average Bonchev–Trinajstić information content (AvgIpc) is 2.51. The first-order chi connectivity index (χ1) is 8.53. The van der Waals surface area contributed by atoms with Crippen LogP contribution in [0.3, 0.4) is 0 Å². The van der Waals surface area contributed by atoms with Crippen molar-refractivity contribution in [2.24, 2.45) is 0 Å². The summed E-state index contributed by atoms with van der Waals surface area (Å²) in [6, 6.07) is 1.12. The van der Waals surface area contributed by atoms with Crippen LogP contribution >= 0.6 is 0 Å². The van der Waals surface area contributed by atoms with Gasteiger partial charge in [0.1, 0.15) is 9.79 Å². The maximum absolute atomic E-state index is 13.1. The molecule has 2 amide bonds. The van der Waals surface area contributed by atoms with Gasteiger partial charge in [0.05, 0.1) is 11.1 Å². The SMILES string of the molecule is O=C1NC(=O)c2c1ccc(S(=O)(=O)F)c2S(=O)(=O)F.[K]. The van der Waals surface area contributed by atoms with Crippen LogP contribution in [-0.2, 0) is 20.4 Å². The Labute approximate surface area is 154 Å². The topological polar surface area (TPSA) is 114 Å². The fourth-order valence-electron chi connectivity index (χ4n) is 1.65. The van der Waals surface area contributed by atoms with E-state index >= 15 is 0 Å². The third kappa shape index (κ3) is 3.00. The monoisotopic (exact) mass is 350 g/mol. The maximum atomic E-state index is 13.1. The first-order valence-electron chi connectivity index (χ1n) is 4.45. The summed E-state index contributed by atoms with van der Waals surface area (Å²) in [6.45, 7) is 0. The van der Waals surface area contributed by atoms with Crippen LogP contribution in [0.1, 0.15) is 20.7 Å². The van der Waals surface area contributed by atoms with Crippen molar-refractivity contribution in [3.05, 3.63) is 23.3 Å². The van der Waals surface area contributed by atoms with Crippen LogP contribution in [0.25, 0.3) is 0 Å². The predicted octanol–water partition coefficient (Wildman–Crippen LogP) is -0.494. The van der Waals surface area contributed by atoms with E-state index in [4.69, 9.17) is 0 Å². The normalized spacial score (nSPS) is 14.5. The molecule has 1 aliphatic rings. The van der Waals surface area contributed by atoms with E-state index in [-0.39, 0.29) is 51.4 Å². The number of halogens is 2. The van der Waals surface area contributed by atoms with E-state index in [0.29, 0.717) is 6.07 Å². The van der Waals surface area contributed by atoms with Gasteiger partial charge in [-0.1, -0.05) is 0 Å². The fraction of sp³-hybridized carbons (Fsp3) is 0. The number of fused-ring (bicyclic) bond motifs is 1. The molecule has 12 heteroatoms. The Morgan fingerprint density at radius 3 is 1.90 bits per heavy atom. The minimum absolute atomic E-state index is 0. The molecule has 1 N–H and O–H groups in total. The Bertz CT molecular complexity index is 833. The predicted molar refractivity (Wildman–Crippen MR) is 60.6 cm³/mol. The number of benzene rings is 1. The van der Waals surface area contributed by atoms with Gasteiger partial charge in [-0.3, -0.25) is 14.9 Å². The number of hydrogen-bond acceptors (Lipinski definition) is 6. The maximum Gasteiger partial charge on any atom is 0.334 e. The van der Waals surface area contributed by atoms with Crippen molar-refractivity contribution in [1.29, 1.82) is 0 Å². The number of imide groups is 1. The van der Waals surface area contributed by atoms with Crippen molar-refractivity contribution < 1.29 is 34.2 Å². The van der Waals surface area contributed by atoms with E-state index in [1.807, 2.05) is 0 Å². The number of hydrogen-bond donors (Lipinski definition) is 1. The molecule has 0 aliphatic carbocycles. The molecule has 0 atom stereocenters. The van der Waals surface area contributed by atoms with Crippen LogP contribution in [-0.4, -0.2) is 80.0 Å². The zero-order valence-corrected chi connectivity index (χ0v) is 14.4. The quantitative estimate of drug-likeness (QED) is 0.437. The molecule has 103 valence electrons. The molecular formula is C8H3F2KNO6S2. The van der Waals surface area contributed by atoms with E-state index < -0.39 is 53.2 Å². The molecule has 0 saturated carbocycles. The first-order valence-corrected chi connectivity index (χ1v) is 7.22. The van der Waals surface area contributed by atoms with E-state index in [2.05, 4.69) is 0 Å². The molecule has 1 radical (unpaired) electrons. The van der Waals surface area contributed by atoms with Gasteiger partial charge in [0.2, 0.25) is 0 Å². The number of nitrogens with one attached hydrogen (secondary N) is 1. The second-order valence-electron chi connectivity index (χ2n) is 3.47. The molecule has 0 fully saturated rings. The van der Waals surface area contributed by atoms with Crippen molar-refractivity contribution in [3.63, 3.8) is 0 Å². The average molecular weight is 350 g/mol. The van der Waals surface area contributed by atoms with Gasteiger partial charge < -0.3 is 0 Å². The molecule has 2 rings (SSSR count). The van der Waals surface area contributed by atoms with E-state index in [1.165, 1.54) is 0 Å². The fourth-order valence-corrected chi connectivity index (χ4v) is 3.55. The van der Waals surface area contributed by atoms with E-state index in [0.717, 1.165) is 6.07 Å². The van der Waals surface area contributed by atoms with Crippen molar-refractivity contribution in [1.82, 2.24) is 5.32 Å². The number of carbonyl (C=O) groups is 2. The molecule has 0 unspecified atom stereocenters. The molecule has 1 aromatic carbocycles. The van der Waals surface area contributed by atoms with Crippen molar-refractivity contribution in [3.8, 4) is 0 Å². The largest absolute Gasteiger partial charge is 0.334 e. The van der Waals surface area contributed by atoms with Crippen molar-refractivity contribution in [2.75, 3.05) is 0 Å². The van der Waals surface area contributed by atoms with E-state index in [9.17, 15) is 34.2 Å². The van der Waals surface area contributed by atoms with Crippen molar-refractivity contribution >= 4 is 83.6 Å². The molecule has 0 bridgehead atoms. The molecular weight excluding hydrogens is 347 g/mol. The van der Waals surface area contributed by atoms with E-state index in [1.54, 1.807) is 5.32 Å². The Hall–Kier alpha value is -0.244. The third-order valence-corrected chi connectivity index (χ3v) is 4.23. The van der Waals surface area contributed by atoms with Gasteiger partial charge in [0, 0.05) is 51.4 Å². The standard InChI is InChI=1S/C8H3F2NO6S2.K/c9-18(14,15)4-2-1-3-5(6(4)19(10,16)17)8(13)11-7(3)12;/h1-2H,(H,11,12,13);. The number of amides is 2. The Morgan fingerprint density at radius 2 is 1.45 bits per heavy atom. The van der Waals surface area contributed by atoms with Gasteiger partial charge in [-0.05, 0) is 12.1 Å². The number of rotatable bonds is 2. The van der Waals surface area contributed by atoms with Gasteiger partial charge in [-0.25, -0.2) is 0 Å². The van der Waals surface area contributed by atoms with Gasteiger partial charge in [-0.2, -0.15) is 16.8 Å². The summed E-state index contributed by atoms with van der Waals surface area (Å²) in [5, 5.41) is 1.65. The smallest absolute Gasteiger partial charge is 0.288 e. The molecule has 1 heterocycles. The van der Waals surface area contributed by atoms with Crippen LogP contribution in [0.5, 0.6) is 0 Å². The zero-order valence-electron chi connectivity index (χ0n) is 9.68. The second kappa shape index (κ2) is 5.51. The minimum atomic E-state index is -5.73. The molecule has 0 saturated heterocycles. The second-order valence-corrected chi connectivity index (χ2v) is 6.07. The summed E-state index contributed by atoms with van der Waals surface area (Å²) < 4.78 is 69.4. The van der Waals surface area contributed by atoms with Crippen LogP contribution < -0.4 is 5.32 Å². The first kappa shape index (κ1) is 17.8. The third-order valence-electron chi connectivity index (χ3n) is 2.33. The van der Waals surface area contributed by atoms with Crippen LogP contribution in [0.15, 0.2) is 21.9 Å². The summed E-state index contributed by atoms with van der Waals surface area (Å²) in [7, 11) is -11.3. The Balaban J connectivity index is 0.00000200. The summed E-state index contributed by atoms with van der Waals surface area (Å²) in [5.41, 5.74) is -1.57. The molecule has 7 nitrogen and oxygen atoms in total. The molecule has 0 aromatic heterocycles. The van der Waals surface area contributed by atoms with Crippen molar-refractivity contribution in [2.45, 2.75) is 9.79 Å². The van der Waals surface area contributed by atoms with Gasteiger partial charge in [0.25, 0.3) is 11.8 Å². The Kier molecular flexibility index (Phi) is 4.91. The zero-order chi connectivity index (χ0) is 14.6. The summed E-state index contributed by atoms with van der Waals surface area (Å²) >= 11 is 0.